The van der Waals surface area contributed by atoms with Crippen LogP contribution in [0.4, 0.5) is 17.1 Å². The first-order valence-corrected chi connectivity index (χ1v) is 17.4. The summed E-state index contributed by atoms with van der Waals surface area (Å²) in [4.78, 5) is 2.46. The van der Waals surface area contributed by atoms with Crippen molar-refractivity contribution in [2.45, 2.75) is 38.5 Å². The van der Waals surface area contributed by atoms with Gasteiger partial charge < -0.3 is 4.90 Å². The first kappa shape index (κ1) is 29.5. The van der Waals surface area contributed by atoms with E-state index >= 15 is 0 Å². The Bertz CT molecular complexity index is 2260. The summed E-state index contributed by atoms with van der Waals surface area (Å²) in [5.74, 6) is 0. The lowest BCUT2D eigenvalue weighted by atomic mass is 9.79. The molecule has 0 spiro atoms. The van der Waals surface area contributed by atoms with Gasteiger partial charge in [-0.05, 0) is 104 Å². The fourth-order valence-corrected chi connectivity index (χ4v) is 8.44. The molecule has 0 saturated carbocycles. The second kappa shape index (κ2) is 10.9. The van der Waals surface area contributed by atoms with Gasteiger partial charge in [0.15, 0.2) is 0 Å². The van der Waals surface area contributed by atoms with Crippen molar-refractivity contribution in [2.75, 3.05) is 4.90 Å². The molecule has 2 aliphatic rings. The summed E-state index contributed by atoms with van der Waals surface area (Å²) in [5.41, 5.74) is 19.2. The zero-order chi connectivity index (χ0) is 33.3. The maximum atomic E-state index is 2.52. The highest BCUT2D eigenvalue weighted by atomic mass is 15.1. The molecule has 0 bridgehead atoms. The molecule has 2 aliphatic carbocycles. The normalized spacial score (nSPS) is 14.4. The summed E-state index contributed by atoms with van der Waals surface area (Å²) in [6.45, 7) is 9.55. The molecule has 9 rings (SSSR count). The van der Waals surface area contributed by atoms with Gasteiger partial charge in [0.1, 0.15) is 0 Å². The SMILES string of the molecule is CC1(C)c2ccccc2-c2cc3c(cc21)-c1c(N(c2ccc(-c4ccccc4)cc2)c2ccc(-c4ccccc4)cc2)cccc1C3(C)C. The molecule has 0 saturated heterocycles. The standard InChI is InChI=1S/C48H39N/c1-47(2)41-19-12-11-18-38(41)39-30-44-40(31-43(39)47)46-42(48(44,3)4)20-13-21-45(46)49(36-26-22-34(23-27-36)32-14-7-5-8-15-32)37-28-24-35(25-29-37)33-16-9-6-10-17-33/h5-31H,1-4H3. The van der Waals surface area contributed by atoms with E-state index in [9.17, 15) is 0 Å². The minimum atomic E-state index is -0.141. The Morgan fingerprint density at radius 2 is 0.796 bits per heavy atom. The second-order valence-electron chi connectivity index (χ2n) is 14.6. The van der Waals surface area contributed by atoms with Crippen molar-refractivity contribution in [3.05, 3.63) is 186 Å². The number of benzene rings is 7. The monoisotopic (exact) mass is 629 g/mol. The third kappa shape index (κ3) is 4.53. The number of hydrogen-bond donors (Lipinski definition) is 0. The Morgan fingerprint density at radius 3 is 1.39 bits per heavy atom. The molecular weight excluding hydrogens is 591 g/mol. The lowest BCUT2D eigenvalue weighted by molar-refractivity contribution is 0.652. The van der Waals surface area contributed by atoms with Crippen molar-refractivity contribution in [3.63, 3.8) is 0 Å². The minimum Gasteiger partial charge on any atom is -0.310 e. The Hall–Kier alpha value is -5.66. The average Bonchev–Trinajstić information content (AvgIpc) is 3.52. The smallest absolute Gasteiger partial charge is 0.0543 e. The molecule has 7 aromatic carbocycles. The van der Waals surface area contributed by atoms with E-state index in [0.29, 0.717) is 0 Å². The third-order valence-corrected chi connectivity index (χ3v) is 11.1. The topological polar surface area (TPSA) is 3.24 Å². The number of anilines is 3. The number of nitrogens with zero attached hydrogens (tertiary/aromatic N) is 1. The van der Waals surface area contributed by atoms with Gasteiger partial charge in [0.2, 0.25) is 0 Å². The van der Waals surface area contributed by atoms with Crippen LogP contribution >= 0.6 is 0 Å². The molecular formula is C48H39N. The molecule has 0 heterocycles. The van der Waals surface area contributed by atoms with Crippen molar-refractivity contribution >= 4 is 17.1 Å². The Morgan fingerprint density at radius 1 is 0.347 bits per heavy atom. The highest BCUT2D eigenvalue weighted by Gasteiger charge is 2.42. The van der Waals surface area contributed by atoms with E-state index in [2.05, 4.69) is 196 Å². The van der Waals surface area contributed by atoms with Crippen LogP contribution < -0.4 is 4.90 Å². The second-order valence-corrected chi connectivity index (χ2v) is 14.6. The first-order chi connectivity index (χ1) is 23.8. The van der Waals surface area contributed by atoms with Crippen LogP contribution in [-0.4, -0.2) is 0 Å². The number of rotatable bonds is 5. The predicted molar refractivity (Wildman–Crippen MR) is 207 cm³/mol. The van der Waals surface area contributed by atoms with Gasteiger partial charge >= 0.3 is 0 Å². The molecule has 0 fully saturated rings. The molecule has 0 radical (unpaired) electrons. The summed E-state index contributed by atoms with van der Waals surface area (Å²) in [6, 6.07) is 60.3. The molecule has 0 N–H and O–H groups in total. The molecule has 7 aromatic rings. The van der Waals surface area contributed by atoms with Crippen LogP contribution in [0, 0.1) is 0 Å². The van der Waals surface area contributed by atoms with E-state index in [4.69, 9.17) is 0 Å². The zero-order valence-electron chi connectivity index (χ0n) is 28.5. The Balaban J connectivity index is 1.24. The van der Waals surface area contributed by atoms with Crippen molar-refractivity contribution in [2.24, 2.45) is 0 Å². The van der Waals surface area contributed by atoms with E-state index in [1.54, 1.807) is 0 Å². The van der Waals surface area contributed by atoms with Crippen LogP contribution in [-0.2, 0) is 10.8 Å². The maximum Gasteiger partial charge on any atom is 0.0543 e. The lowest BCUT2D eigenvalue weighted by Gasteiger charge is -2.29. The third-order valence-electron chi connectivity index (χ3n) is 11.1. The summed E-state index contributed by atoms with van der Waals surface area (Å²) in [7, 11) is 0. The maximum absolute atomic E-state index is 2.52. The highest BCUT2D eigenvalue weighted by Crippen LogP contribution is 2.58. The van der Waals surface area contributed by atoms with E-state index in [1.165, 1.54) is 72.4 Å². The summed E-state index contributed by atoms with van der Waals surface area (Å²) < 4.78 is 0. The van der Waals surface area contributed by atoms with Crippen LogP contribution in [0.3, 0.4) is 0 Å². The molecule has 1 nitrogen and oxygen atoms in total. The van der Waals surface area contributed by atoms with Gasteiger partial charge in [0.05, 0.1) is 5.69 Å². The van der Waals surface area contributed by atoms with E-state index in [1.807, 2.05) is 0 Å². The quantitative estimate of drug-likeness (QED) is 0.183. The minimum absolute atomic E-state index is 0.0664. The van der Waals surface area contributed by atoms with Crippen LogP contribution in [0.5, 0.6) is 0 Å². The van der Waals surface area contributed by atoms with E-state index in [-0.39, 0.29) is 10.8 Å². The van der Waals surface area contributed by atoms with Crippen LogP contribution in [0.1, 0.15) is 49.9 Å². The van der Waals surface area contributed by atoms with Gasteiger partial charge in [-0.25, -0.2) is 0 Å². The largest absolute Gasteiger partial charge is 0.310 e. The fourth-order valence-electron chi connectivity index (χ4n) is 8.44. The molecule has 49 heavy (non-hydrogen) atoms. The van der Waals surface area contributed by atoms with Gasteiger partial charge in [-0.1, -0.05) is 149 Å². The fraction of sp³-hybridized carbons (Fsp3) is 0.125. The predicted octanol–water partition coefficient (Wildman–Crippen LogP) is 13.1. The van der Waals surface area contributed by atoms with E-state index < -0.39 is 0 Å². The Labute approximate surface area is 290 Å². The van der Waals surface area contributed by atoms with Gasteiger partial charge in [-0.3, -0.25) is 0 Å². The van der Waals surface area contributed by atoms with Gasteiger partial charge in [0, 0.05) is 27.8 Å². The number of hydrogen-bond acceptors (Lipinski definition) is 1. The molecule has 0 aromatic heterocycles. The van der Waals surface area contributed by atoms with Crippen molar-refractivity contribution in [1.82, 2.24) is 0 Å². The van der Waals surface area contributed by atoms with Crippen molar-refractivity contribution < 1.29 is 0 Å². The molecule has 0 aliphatic heterocycles. The summed E-state index contributed by atoms with van der Waals surface area (Å²) >= 11 is 0. The molecule has 0 amide bonds. The van der Waals surface area contributed by atoms with E-state index in [0.717, 1.165) is 11.4 Å². The average molecular weight is 630 g/mol. The van der Waals surface area contributed by atoms with Crippen LogP contribution in [0.2, 0.25) is 0 Å². The highest BCUT2D eigenvalue weighted by molar-refractivity contribution is 5.97. The van der Waals surface area contributed by atoms with Gasteiger partial charge in [-0.15, -0.1) is 0 Å². The molecule has 0 unspecified atom stereocenters. The zero-order valence-corrected chi connectivity index (χ0v) is 28.5. The van der Waals surface area contributed by atoms with Crippen LogP contribution in [0.25, 0.3) is 44.5 Å². The van der Waals surface area contributed by atoms with Crippen molar-refractivity contribution in [1.29, 1.82) is 0 Å². The molecule has 1 heteroatoms. The van der Waals surface area contributed by atoms with Crippen LogP contribution in [0.15, 0.2) is 164 Å². The molecule has 236 valence electrons. The molecule has 0 atom stereocenters. The Kier molecular flexibility index (Phi) is 6.58. The van der Waals surface area contributed by atoms with Gasteiger partial charge in [-0.2, -0.15) is 0 Å². The number of fused-ring (bicyclic) bond motifs is 6. The van der Waals surface area contributed by atoms with Gasteiger partial charge in [0.25, 0.3) is 0 Å². The lowest BCUT2D eigenvalue weighted by Crippen LogP contribution is -2.17. The first-order valence-electron chi connectivity index (χ1n) is 17.4. The van der Waals surface area contributed by atoms with Crippen molar-refractivity contribution in [3.8, 4) is 44.5 Å². The summed E-state index contributed by atoms with van der Waals surface area (Å²) in [6.07, 6.45) is 0. The summed E-state index contributed by atoms with van der Waals surface area (Å²) in [5, 5.41) is 0.